The number of thiazole rings is 1. The van der Waals surface area contributed by atoms with Gasteiger partial charge in [0.1, 0.15) is 11.0 Å². The molecule has 0 fully saturated rings. The topological polar surface area (TPSA) is 79.3 Å². The number of unbranched alkanes of at least 4 members (excludes halogenated alkanes) is 2. The predicted octanol–water partition coefficient (Wildman–Crippen LogP) is 4.16. The van der Waals surface area contributed by atoms with E-state index in [9.17, 15) is 14.7 Å². The SMILES string of the molecule is CCCCCC(NC(=O)Cc1csc(-c2cccc(Cl)c2)n1)C(=O)O. The summed E-state index contributed by atoms with van der Waals surface area (Å²) in [6.45, 7) is 2.05. The molecule has 2 aromatic rings. The van der Waals surface area contributed by atoms with Gasteiger partial charge in [0.15, 0.2) is 0 Å². The number of halogens is 1. The van der Waals surface area contributed by atoms with Gasteiger partial charge in [0.2, 0.25) is 5.91 Å². The summed E-state index contributed by atoms with van der Waals surface area (Å²) in [7, 11) is 0. The molecule has 1 amide bonds. The van der Waals surface area contributed by atoms with Crippen LogP contribution in [0.5, 0.6) is 0 Å². The van der Waals surface area contributed by atoms with Gasteiger partial charge in [-0.3, -0.25) is 4.79 Å². The minimum absolute atomic E-state index is 0.0641. The highest BCUT2D eigenvalue weighted by atomic mass is 35.5. The number of nitrogens with one attached hydrogen (secondary N) is 1. The third-order valence-corrected chi connectivity index (χ3v) is 4.87. The van der Waals surface area contributed by atoms with Crippen LogP contribution in [0.15, 0.2) is 29.6 Å². The molecule has 0 aliphatic heterocycles. The number of aliphatic carboxylic acids is 1. The van der Waals surface area contributed by atoms with Crippen molar-refractivity contribution >= 4 is 34.8 Å². The van der Waals surface area contributed by atoms with Crippen LogP contribution in [-0.4, -0.2) is 28.0 Å². The van der Waals surface area contributed by atoms with E-state index in [1.807, 2.05) is 30.5 Å². The van der Waals surface area contributed by atoms with E-state index < -0.39 is 12.0 Å². The standard InChI is InChI=1S/C18H21ClN2O3S/c1-2-3-4-8-15(18(23)24)21-16(22)10-14-11-25-17(20-14)12-6-5-7-13(19)9-12/h5-7,9,11,15H,2-4,8,10H2,1H3,(H,21,22)(H,23,24). The lowest BCUT2D eigenvalue weighted by atomic mass is 10.1. The Labute approximate surface area is 156 Å². The Balaban J connectivity index is 1.95. The highest BCUT2D eigenvalue weighted by Gasteiger charge is 2.20. The number of hydrogen-bond donors (Lipinski definition) is 2. The Hall–Kier alpha value is -1.92. The first-order valence-corrected chi connectivity index (χ1v) is 9.48. The number of carboxylic acid groups (broad SMARTS) is 1. The van der Waals surface area contributed by atoms with Gasteiger partial charge in [0.25, 0.3) is 0 Å². The van der Waals surface area contributed by atoms with Crippen LogP contribution in [0.1, 0.15) is 38.3 Å². The van der Waals surface area contributed by atoms with Crippen molar-refractivity contribution in [2.24, 2.45) is 0 Å². The molecule has 0 radical (unpaired) electrons. The summed E-state index contributed by atoms with van der Waals surface area (Å²) >= 11 is 7.41. The number of nitrogens with zero attached hydrogens (tertiary/aromatic N) is 1. The molecule has 0 bridgehead atoms. The highest BCUT2D eigenvalue weighted by Crippen LogP contribution is 2.26. The Morgan fingerprint density at radius 1 is 1.36 bits per heavy atom. The molecular weight excluding hydrogens is 360 g/mol. The average Bonchev–Trinajstić information content (AvgIpc) is 3.02. The molecule has 0 saturated heterocycles. The van der Waals surface area contributed by atoms with Gasteiger partial charge in [-0.05, 0) is 18.6 Å². The van der Waals surface area contributed by atoms with Crippen LogP contribution in [0, 0.1) is 0 Å². The van der Waals surface area contributed by atoms with Crippen molar-refractivity contribution in [3.8, 4) is 10.6 Å². The van der Waals surface area contributed by atoms with Crippen LogP contribution in [0.2, 0.25) is 5.02 Å². The minimum atomic E-state index is -0.998. The molecule has 1 heterocycles. The second-order valence-corrected chi connectivity index (χ2v) is 7.08. The van der Waals surface area contributed by atoms with Crippen molar-refractivity contribution in [2.75, 3.05) is 0 Å². The van der Waals surface area contributed by atoms with E-state index in [4.69, 9.17) is 11.6 Å². The Morgan fingerprint density at radius 3 is 2.84 bits per heavy atom. The number of hydrogen-bond acceptors (Lipinski definition) is 4. The molecule has 0 aliphatic carbocycles. The first-order valence-electron chi connectivity index (χ1n) is 8.22. The van der Waals surface area contributed by atoms with Crippen molar-refractivity contribution in [1.82, 2.24) is 10.3 Å². The molecule has 134 valence electrons. The molecule has 1 aromatic carbocycles. The number of aromatic nitrogens is 1. The second-order valence-electron chi connectivity index (χ2n) is 5.79. The second kappa shape index (κ2) is 9.53. The molecule has 1 unspecified atom stereocenters. The predicted molar refractivity (Wildman–Crippen MR) is 100.0 cm³/mol. The van der Waals surface area contributed by atoms with Crippen LogP contribution in [0.4, 0.5) is 0 Å². The van der Waals surface area contributed by atoms with Gasteiger partial charge < -0.3 is 10.4 Å². The molecule has 1 atom stereocenters. The van der Waals surface area contributed by atoms with E-state index in [0.29, 0.717) is 17.1 Å². The van der Waals surface area contributed by atoms with Crippen molar-refractivity contribution in [2.45, 2.75) is 45.1 Å². The number of benzene rings is 1. The zero-order valence-electron chi connectivity index (χ0n) is 14.0. The van der Waals surface area contributed by atoms with E-state index in [0.717, 1.165) is 29.8 Å². The van der Waals surface area contributed by atoms with Crippen molar-refractivity contribution in [1.29, 1.82) is 0 Å². The lowest BCUT2D eigenvalue weighted by Gasteiger charge is -2.13. The van der Waals surface area contributed by atoms with E-state index in [2.05, 4.69) is 10.3 Å². The molecule has 5 nitrogen and oxygen atoms in total. The summed E-state index contributed by atoms with van der Waals surface area (Å²) in [5.41, 5.74) is 1.52. The molecule has 0 aliphatic rings. The first-order chi connectivity index (χ1) is 12.0. The zero-order valence-corrected chi connectivity index (χ0v) is 15.6. The smallest absolute Gasteiger partial charge is 0.326 e. The molecule has 0 saturated carbocycles. The summed E-state index contributed by atoms with van der Waals surface area (Å²) in [6.07, 6.45) is 3.25. The van der Waals surface area contributed by atoms with Crippen LogP contribution in [-0.2, 0) is 16.0 Å². The summed E-state index contributed by atoms with van der Waals surface area (Å²) < 4.78 is 0. The lowest BCUT2D eigenvalue weighted by molar-refractivity contribution is -0.142. The summed E-state index contributed by atoms with van der Waals surface area (Å²) in [5, 5.41) is 15.0. The van der Waals surface area contributed by atoms with Crippen LogP contribution in [0.25, 0.3) is 10.6 Å². The molecule has 1 aromatic heterocycles. The molecule has 2 N–H and O–H groups in total. The van der Waals surface area contributed by atoms with Gasteiger partial charge in [-0.25, -0.2) is 9.78 Å². The number of amides is 1. The quantitative estimate of drug-likeness (QED) is 0.640. The van der Waals surface area contributed by atoms with Crippen LogP contribution >= 0.6 is 22.9 Å². The Bertz CT molecular complexity index is 733. The fraction of sp³-hybridized carbons (Fsp3) is 0.389. The lowest BCUT2D eigenvalue weighted by Crippen LogP contribution is -2.41. The largest absolute Gasteiger partial charge is 0.480 e. The zero-order chi connectivity index (χ0) is 18.2. The summed E-state index contributed by atoms with van der Waals surface area (Å²) in [4.78, 5) is 27.8. The Kier molecular flexibility index (Phi) is 7.40. The van der Waals surface area contributed by atoms with Crippen molar-refractivity contribution in [3.05, 3.63) is 40.4 Å². The average molecular weight is 381 g/mol. The fourth-order valence-electron chi connectivity index (χ4n) is 2.41. The molecular formula is C18H21ClN2O3S. The maximum Gasteiger partial charge on any atom is 0.326 e. The molecule has 7 heteroatoms. The monoisotopic (exact) mass is 380 g/mol. The number of carbonyl (C=O) groups is 2. The first kappa shape index (κ1) is 19.4. The van der Waals surface area contributed by atoms with Gasteiger partial charge in [0.05, 0.1) is 12.1 Å². The number of rotatable bonds is 9. The summed E-state index contributed by atoms with van der Waals surface area (Å²) in [6, 6.07) is 6.52. The maximum absolute atomic E-state index is 12.1. The van der Waals surface area contributed by atoms with Gasteiger partial charge in [-0.1, -0.05) is 49.9 Å². The number of carboxylic acids is 1. The number of carbonyl (C=O) groups excluding carboxylic acids is 1. The van der Waals surface area contributed by atoms with Gasteiger partial charge >= 0.3 is 5.97 Å². The van der Waals surface area contributed by atoms with E-state index in [1.54, 1.807) is 6.07 Å². The van der Waals surface area contributed by atoms with E-state index in [-0.39, 0.29) is 12.3 Å². The van der Waals surface area contributed by atoms with Crippen LogP contribution in [0.3, 0.4) is 0 Å². The summed E-state index contributed by atoms with van der Waals surface area (Å²) in [5.74, 6) is -1.32. The minimum Gasteiger partial charge on any atom is -0.480 e. The van der Waals surface area contributed by atoms with Crippen LogP contribution < -0.4 is 5.32 Å². The van der Waals surface area contributed by atoms with Crippen molar-refractivity contribution in [3.63, 3.8) is 0 Å². The molecule has 0 spiro atoms. The van der Waals surface area contributed by atoms with E-state index >= 15 is 0 Å². The molecule has 2 rings (SSSR count). The third-order valence-electron chi connectivity index (χ3n) is 3.69. The van der Waals surface area contributed by atoms with Gasteiger partial charge in [-0.15, -0.1) is 11.3 Å². The third kappa shape index (κ3) is 6.14. The van der Waals surface area contributed by atoms with Gasteiger partial charge in [-0.2, -0.15) is 0 Å². The normalized spacial score (nSPS) is 11.9. The van der Waals surface area contributed by atoms with Crippen molar-refractivity contribution < 1.29 is 14.7 Å². The maximum atomic E-state index is 12.1. The molecule has 25 heavy (non-hydrogen) atoms. The van der Waals surface area contributed by atoms with E-state index in [1.165, 1.54) is 11.3 Å². The fourth-order valence-corrected chi connectivity index (χ4v) is 3.41. The highest BCUT2D eigenvalue weighted by molar-refractivity contribution is 7.13. The Morgan fingerprint density at radius 2 is 2.16 bits per heavy atom. The van der Waals surface area contributed by atoms with Gasteiger partial charge in [0, 0.05) is 16.0 Å².